The predicted molar refractivity (Wildman–Crippen MR) is 97.6 cm³/mol. The molecule has 0 spiro atoms. The molecule has 26 heavy (non-hydrogen) atoms. The minimum Gasteiger partial charge on any atom is -0.348 e. The van der Waals surface area contributed by atoms with E-state index in [4.69, 9.17) is 11.6 Å². The molecule has 7 nitrogen and oxygen atoms in total. The van der Waals surface area contributed by atoms with E-state index in [0.29, 0.717) is 21.8 Å². The van der Waals surface area contributed by atoms with Gasteiger partial charge in [0.05, 0.1) is 28.1 Å². The first-order chi connectivity index (χ1) is 12.5. The van der Waals surface area contributed by atoms with E-state index in [1.807, 2.05) is 6.07 Å². The van der Waals surface area contributed by atoms with Crippen LogP contribution in [0.4, 0.5) is 5.69 Å². The second-order valence-electron chi connectivity index (χ2n) is 5.60. The number of nitro benzene ring substituents is 1. The number of halogens is 1. The van der Waals surface area contributed by atoms with E-state index in [1.54, 1.807) is 48.0 Å². The normalized spacial score (nSPS) is 10.5. The molecule has 1 amide bonds. The zero-order chi connectivity index (χ0) is 18.7. The first kappa shape index (κ1) is 17.6. The number of para-hydroxylation sites is 1. The van der Waals surface area contributed by atoms with Gasteiger partial charge in [0.15, 0.2) is 0 Å². The van der Waals surface area contributed by atoms with Gasteiger partial charge in [0, 0.05) is 23.2 Å². The molecule has 0 saturated carbocycles. The second kappa shape index (κ2) is 7.37. The van der Waals surface area contributed by atoms with Gasteiger partial charge < -0.3 is 5.32 Å². The van der Waals surface area contributed by atoms with Crippen molar-refractivity contribution < 1.29 is 9.72 Å². The number of amides is 1. The van der Waals surface area contributed by atoms with Gasteiger partial charge in [-0.3, -0.25) is 14.9 Å². The Balaban J connectivity index is 1.79. The molecule has 2 aromatic carbocycles. The fourth-order valence-corrected chi connectivity index (χ4v) is 2.79. The van der Waals surface area contributed by atoms with Gasteiger partial charge in [0.1, 0.15) is 0 Å². The average Bonchev–Trinajstić information content (AvgIpc) is 3.01. The van der Waals surface area contributed by atoms with Crippen LogP contribution in [0.25, 0.3) is 5.69 Å². The van der Waals surface area contributed by atoms with E-state index in [-0.39, 0.29) is 18.1 Å². The van der Waals surface area contributed by atoms with Crippen LogP contribution < -0.4 is 5.32 Å². The van der Waals surface area contributed by atoms with Gasteiger partial charge in [-0.15, -0.1) is 0 Å². The summed E-state index contributed by atoms with van der Waals surface area (Å²) in [6, 6.07) is 13.4. The van der Waals surface area contributed by atoms with Crippen molar-refractivity contribution >= 4 is 23.2 Å². The average molecular weight is 371 g/mol. The first-order valence-corrected chi connectivity index (χ1v) is 8.16. The van der Waals surface area contributed by atoms with E-state index in [9.17, 15) is 14.9 Å². The van der Waals surface area contributed by atoms with Crippen LogP contribution in [0.15, 0.2) is 54.7 Å². The van der Waals surface area contributed by atoms with Gasteiger partial charge in [0.2, 0.25) is 0 Å². The van der Waals surface area contributed by atoms with Crippen LogP contribution in [-0.4, -0.2) is 20.6 Å². The van der Waals surface area contributed by atoms with E-state index >= 15 is 0 Å². The van der Waals surface area contributed by atoms with Crippen molar-refractivity contribution in [2.24, 2.45) is 0 Å². The monoisotopic (exact) mass is 370 g/mol. The molecule has 1 heterocycles. The number of hydrogen-bond acceptors (Lipinski definition) is 4. The predicted octanol–water partition coefficient (Wildman–Crippen LogP) is 3.67. The number of carbonyl (C=O) groups excluding carboxylic acids is 1. The van der Waals surface area contributed by atoms with Crippen LogP contribution in [0.2, 0.25) is 5.02 Å². The molecule has 0 unspecified atom stereocenters. The third-order valence-corrected chi connectivity index (χ3v) is 4.17. The molecule has 132 valence electrons. The number of nitrogens with one attached hydrogen (secondary N) is 1. The van der Waals surface area contributed by atoms with Crippen molar-refractivity contribution in [2.75, 3.05) is 0 Å². The summed E-state index contributed by atoms with van der Waals surface area (Å²) in [4.78, 5) is 23.0. The van der Waals surface area contributed by atoms with Crippen molar-refractivity contribution in [3.05, 3.63) is 86.7 Å². The van der Waals surface area contributed by atoms with Gasteiger partial charge in [-0.2, -0.15) is 5.10 Å². The van der Waals surface area contributed by atoms with E-state index in [0.717, 1.165) is 5.69 Å². The lowest BCUT2D eigenvalue weighted by Crippen LogP contribution is -2.23. The Morgan fingerprint density at radius 1 is 1.27 bits per heavy atom. The molecular weight excluding hydrogens is 356 g/mol. The highest BCUT2D eigenvalue weighted by molar-refractivity contribution is 6.30. The Bertz CT molecular complexity index is 984. The lowest BCUT2D eigenvalue weighted by Gasteiger charge is -2.07. The number of nitro groups is 1. The minimum absolute atomic E-state index is 0.0286. The summed E-state index contributed by atoms with van der Waals surface area (Å²) < 4.78 is 1.62. The molecular formula is C18H15ClN4O3. The van der Waals surface area contributed by atoms with Crippen LogP contribution in [0.3, 0.4) is 0 Å². The fraction of sp³-hybridized carbons (Fsp3) is 0.111. The maximum absolute atomic E-state index is 12.5. The molecule has 1 aromatic heterocycles. The molecule has 0 aliphatic rings. The highest BCUT2D eigenvalue weighted by atomic mass is 35.5. The van der Waals surface area contributed by atoms with Crippen LogP contribution in [0.1, 0.15) is 21.6 Å². The van der Waals surface area contributed by atoms with E-state index < -0.39 is 4.92 Å². The van der Waals surface area contributed by atoms with Crippen molar-refractivity contribution in [2.45, 2.75) is 13.5 Å². The number of aromatic nitrogens is 2. The van der Waals surface area contributed by atoms with Crippen molar-refractivity contribution in [1.82, 2.24) is 15.1 Å². The Morgan fingerprint density at radius 2 is 2.04 bits per heavy atom. The Labute approximate surface area is 154 Å². The molecule has 3 rings (SSSR count). The zero-order valence-electron chi connectivity index (χ0n) is 13.8. The molecule has 0 bridgehead atoms. The van der Waals surface area contributed by atoms with Crippen LogP contribution in [0.5, 0.6) is 0 Å². The molecule has 0 atom stereocenters. The fourth-order valence-electron chi connectivity index (χ4n) is 2.61. The van der Waals surface area contributed by atoms with E-state index in [1.165, 1.54) is 12.3 Å². The molecule has 1 N–H and O–H groups in total. The molecule has 8 heteroatoms. The van der Waals surface area contributed by atoms with Crippen LogP contribution in [-0.2, 0) is 6.54 Å². The topological polar surface area (TPSA) is 90.1 Å². The maximum atomic E-state index is 12.5. The summed E-state index contributed by atoms with van der Waals surface area (Å²) in [6.07, 6.45) is 1.46. The van der Waals surface area contributed by atoms with Gasteiger partial charge in [0.25, 0.3) is 11.6 Å². The molecule has 0 saturated heterocycles. The Hall–Kier alpha value is -3.19. The molecule has 0 aliphatic carbocycles. The number of benzene rings is 2. The standard InChI is InChI=1S/C18H15ClN4O3/c1-12-16(11-21-22(12)15-7-4-6-14(19)9-15)18(24)20-10-13-5-2-3-8-17(13)23(25)26/h2-9,11H,10H2,1H3,(H,20,24). The van der Waals surface area contributed by atoms with Crippen molar-refractivity contribution in [3.63, 3.8) is 0 Å². The lowest BCUT2D eigenvalue weighted by molar-refractivity contribution is -0.385. The number of carbonyl (C=O) groups is 1. The number of hydrogen-bond donors (Lipinski definition) is 1. The lowest BCUT2D eigenvalue weighted by atomic mass is 10.1. The van der Waals surface area contributed by atoms with Gasteiger partial charge in [-0.1, -0.05) is 35.9 Å². The molecule has 0 aliphatic heterocycles. The zero-order valence-corrected chi connectivity index (χ0v) is 14.6. The minimum atomic E-state index is -0.468. The number of rotatable bonds is 5. The first-order valence-electron chi connectivity index (χ1n) is 7.78. The second-order valence-corrected chi connectivity index (χ2v) is 6.04. The molecule has 3 aromatic rings. The summed E-state index contributed by atoms with van der Waals surface area (Å²) in [5.41, 5.74) is 2.19. The Kier molecular flexibility index (Phi) is 4.99. The number of nitrogens with zero attached hydrogens (tertiary/aromatic N) is 3. The quantitative estimate of drug-likeness (QED) is 0.548. The summed E-state index contributed by atoms with van der Waals surface area (Å²) in [7, 11) is 0. The summed E-state index contributed by atoms with van der Waals surface area (Å²) in [6.45, 7) is 1.82. The molecule has 0 radical (unpaired) electrons. The summed E-state index contributed by atoms with van der Waals surface area (Å²) in [5.74, 6) is -0.353. The van der Waals surface area contributed by atoms with Crippen LogP contribution >= 0.6 is 11.6 Å². The van der Waals surface area contributed by atoms with Gasteiger partial charge >= 0.3 is 0 Å². The molecule has 0 fully saturated rings. The summed E-state index contributed by atoms with van der Waals surface area (Å²) in [5, 5.41) is 18.6. The highest BCUT2D eigenvalue weighted by Gasteiger charge is 2.17. The van der Waals surface area contributed by atoms with Crippen molar-refractivity contribution in [3.8, 4) is 5.69 Å². The SMILES string of the molecule is Cc1c(C(=O)NCc2ccccc2[N+](=O)[O-])cnn1-c1cccc(Cl)c1. The summed E-state index contributed by atoms with van der Waals surface area (Å²) >= 11 is 6.00. The van der Waals surface area contributed by atoms with Gasteiger partial charge in [-0.05, 0) is 25.1 Å². The van der Waals surface area contributed by atoms with Crippen molar-refractivity contribution in [1.29, 1.82) is 0 Å². The highest BCUT2D eigenvalue weighted by Crippen LogP contribution is 2.19. The largest absolute Gasteiger partial charge is 0.348 e. The smallest absolute Gasteiger partial charge is 0.274 e. The third-order valence-electron chi connectivity index (χ3n) is 3.93. The maximum Gasteiger partial charge on any atom is 0.274 e. The van der Waals surface area contributed by atoms with Gasteiger partial charge in [-0.25, -0.2) is 4.68 Å². The third kappa shape index (κ3) is 3.57. The Morgan fingerprint density at radius 3 is 2.77 bits per heavy atom. The van der Waals surface area contributed by atoms with E-state index in [2.05, 4.69) is 10.4 Å². The van der Waals surface area contributed by atoms with Crippen LogP contribution in [0, 0.1) is 17.0 Å².